The predicted octanol–water partition coefficient (Wildman–Crippen LogP) is 2.27. The number of nitrogens with one attached hydrogen (secondary N) is 2. The maximum atomic E-state index is 3.76. The molecule has 0 spiro atoms. The second-order valence-electron chi connectivity index (χ2n) is 4.45. The lowest BCUT2D eigenvalue weighted by Crippen LogP contribution is -2.40. The quantitative estimate of drug-likeness (QED) is 0.833. The predicted molar refractivity (Wildman–Crippen MR) is 86.5 cm³/mol. The Labute approximate surface area is 126 Å². The Kier molecular flexibility index (Phi) is 11.8. The van der Waals surface area contributed by atoms with Crippen molar-refractivity contribution in [2.75, 3.05) is 42.6 Å². The van der Waals surface area contributed by atoms with Crippen molar-refractivity contribution in [3.63, 3.8) is 0 Å². The van der Waals surface area contributed by atoms with Gasteiger partial charge in [-0.05, 0) is 38.4 Å². The van der Waals surface area contributed by atoms with Gasteiger partial charge in [0.15, 0.2) is 0 Å². The molecule has 0 amide bonds. The summed E-state index contributed by atoms with van der Waals surface area (Å²) in [5, 5.41) is 7.19. The van der Waals surface area contributed by atoms with Gasteiger partial charge in [-0.3, -0.25) is 0 Å². The molecule has 0 bridgehead atoms. The first-order valence-corrected chi connectivity index (χ1v) is 8.35. The van der Waals surface area contributed by atoms with E-state index >= 15 is 0 Å². The van der Waals surface area contributed by atoms with Crippen molar-refractivity contribution in [3.8, 4) is 0 Å². The summed E-state index contributed by atoms with van der Waals surface area (Å²) in [6.07, 6.45) is 2.72. The molecule has 0 radical (unpaired) electrons. The average Bonchev–Trinajstić information content (AvgIpc) is 2.56. The second kappa shape index (κ2) is 11.1. The summed E-state index contributed by atoms with van der Waals surface area (Å²) in [6.45, 7) is 3.69. The van der Waals surface area contributed by atoms with Crippen molar-refractivity contribution >= 4 is 48.3 Å². The molecule has 0 aromatic heterocycles. The Balaban J connectivity index is 0.00000128. The molecule has 2 aliphatic rings. The van der Waals surface area contributed by atoms with Crippen molar-refractivity contribution in [2.45, 2.75) is 18.9 Å². The monoisotopic (exact) mass is 318 g/mol. The van der Waals surface area contributed by atoms with E-state index in [4.69, 9.17) is 0 Å². The molecule has 2 N–H and O–H groups in total. The molecule has 0 saturated carbocycles. The van der Waals surface area contributed by atoms with Crippen LogP contribution in [0, 0.1) is 5.92 Å². The van der Waals surface area contributed by atoms with Gasteiger partial charge in [-0.1, -0.05) is 0 Å². The molecule has 0 aromatic carbocycles. The minimum atomic E-state index is 0. The van der Waals surface area contributed by atoms with Crippen LogP contribution in [0.15, 0.2) is 0 Å². The Morgan fingerprint density at radius 2 is 1.59 bits per heavy atom. The van der Waals surface area contributed by atoms with E-state index in [-0.39, 0.29) is 24.8 Å². The molecule has 2 nitrogen and oxygen atoms in total. The molecule has 6 heteroatoms. The summed E-state index contributed by atoms with van der Waals surface area (Å²) in [5.74, 6) is 6.24. The maximum absolute atomic E-state index is 3.76. The maximum Gasteiger partial charge on any atom is 0.0248 e. The highest BCUT2D eigenvalue weighted by Crippen LogP contribution is 2.17. The number of rotatable bonds is 3. The fourth-order valence-corrected chi connectivity index (χ4v) is 4.62. The van der Waals surface area contributed by atoms with Crippen LogP contribution >= 0.6 is 48.3 Å². The van der Waals surface area contributed by atoms with Gasteiger partial charge in [-0.15, -0.1) is 24.8 Å². The molecular formula is C11H24Cl2N2S2. The zero-order chi connectivity index (χ0) is 10.3. The lowest BCUT2D eigenvalue weighted by molar-refractivity contribution is 0.349. The smallest absolute Gasteiger partial charge is 0.0248 e. The zero-order valence-electron chi connectivity index (χ0n) is 10.2. The van der Waals surface area contributed by atoms with Gasteiger partial charge < -0.3 is 10.6 Å². The van der Waals surface area contributed by atoms with Crippen molar-refractivity contribution < 1.29 is 0 Å². The van der Waals surface area contributed by atoms with E-state index in [1.165, 1.54) is 55.5 Å². The molecule has 0 atom stereocenters. The minimum absolute atomic E-state index is 0. The van der Waals surface area contributed by atoms with Gasteiger partial charge in [-0.25, -0.2) is 0 Å². The first kappa shape index (κ1) is 18.2. The van der Waals surface area contributed by atoms with E-state index in [1.807, 2.05) is 0 Å². The first-order chi connectivity index (χ1) is 7.45. The first-order valence-electron chi connectivity index (χ1n) is 6.05. The minimum Gasteiger partial charge on any atom is -0.317 e. The lowest BCUT2D eigenvalue weighted by atomic mass is 9.98. The van der Waals surface area contributed by atoms with Crippen LogP contribution in [0.1, 0.15) is 12.8 Å². The third-order valence-electron chi connectivity index (χ3n) is 3.16. The van der Waals surface area contributed by atoms with Crippen LogP contribution in [0.4, 0.5) is 0 Å². The number of hydrogen-bond acceptors (Lipinski definition) is 4. The summed E-state index contributed by atoms with van der Waals surface area (Å²) >= 11 is 4.23. The highest BCUT2D eigenvalue weighted by molar-refractivity contribution is 8.03. The average molecular weight is 319 g/mol. The molecule has 2 saturated heterocycles. The number of halogens is 2. The topological polar surface area (TPSA) is 24.1 Å². The molecule has 2 heterocycles. The summed E-state index contributed by atoms with van der Waals surface area (Å²) < 4.78 is 0. The van der Waals surface area contributed by atoms with E-state index in [2.05, 4.69) is 34.2 Å². The highest BCUT2D eigenvalue weighted by Gasteiger charge is 2.16. The SMILES string of the molecule is C1CC(CNC2CSCCSC2)CCN1.Cl.Cl. The number of hydrogen-bond donors (Lipinski definition) is 2. The molecule has 2 aliphatic heterocycles. The van der Waals surface area contributed by atoms with Crippen molar-refractivity contribution in [1.29, 1.82) is 0 Å². The Hall–Kier alpha value is 1.20. The Bertz CT molecular complexity index is 173. The van der Waals surface area contributed by atoms with Crippen molar-refractivity contribution in [1.82, 2.24) is 10.6 Å². The summed E-state index contributed by atoms with van der Waals surface area (Å²) in [6, 6.07) is 0.761. The molecule has 0 aliphatic carbocycles. The molecular weight excluding hydrogens is 295 g/mol. The molecule has 0 aromatic rings. The van der Waals surface area contributed by atoms with Gasteiger partial charge in [0.05, 0.1) is 0 Å². The molecule has 0 unspecified atom stereocenters. The van der Waals surface area contributed by atoms with Crippen LogP contribution in [0.2, 0.25) is 0 Å². The van der Waals surface area contributed by atoms with Crippen LogP contribution < -0.4 is 10.6 Å². The Morgan fingerprint density at radius 1 is 1.00 bits per heavy atom. The zero-order valence-corrected chi connectivity index (χ0v) is 13.4. The fourth-order valence-electron chi connectivity index (χ4n) is 2.15. The lowest BCUT2D eigenvalue weighted by Gasteiger charge is -2.25. The van der Waals surface area contributed by atoms with Crippen LogP contribution in [-0.4, -0.2) is 48.7 Å². The second-order valence-corrected chi connectivity index (χ2v) is 6.75. The van der Waals surface area contributed by atoms with Crippen molar-refractivity contribution in [3.05, 3.63) is 0 Å². The van der Waals surface area contributed by atoms with Gasteiger partial charge in [0, 0.05) is 29.1 Å². The van der Waals surface area contributed by atoms with Crippen molar-refractivity contribution in [2.24, 2.45) is 5.92 Å². The van der Waals surface area contributed by atoms with E-state index in [1.54, 1.807) is 0 Å². The van der Waals surface area contributed by atoms with Crippen LogP contribution in [-0.2, 0) is 0 Å². The largest absolute Gasteiger partial charge is 0.317 e. The summed E-state index contributed by atoms with van der Waals surface area (Å²) in [7, 11) is 0. The molecule has 2 fully saturated rings. The standard InChI is InChI=1S/C11H22N2S2.2ClH/c1-3-12-4-2-10(1)7-13-11-8-14-5-6-15-9-11;;/h10-13H,1-9H2;2*1H. The van der Waals surface area contributed by atoms with E-state index in [9.17, 15) is 0 Å². The molecule has 17 heavy (non-hydrogen) atoms. The van der Waals surface area contributed by atoms with Gasteiger partial charge in [0.2, 0.25) is 0 Å². The van der Waals surface area contributed by atoms with Crippen LogP contribution in [0.3, 0.4) is 0 Å². The van der Waals surface area contributed by atoms with Gasteiger partial charge in [0.1, 0.15) is 0 Å². The van der Waals surface area contributed by atoms with E-state index < -0.39 is 0 Å². The van der Waals surface area contributed by atoms with E-state index in [0.29, 0.717) is 0 Å². The Morgan fingerprint density at radius 3 is 2.18 bits per heavy atom. The van der Waals surface area contributed by atoms with Gasteiger partial charge in [0.25, 0.3) is 0 Å². The van der Waals surface area contributed by atoms with Crippen LogP contribution in [0.25, 0.3) is 0 Å². The van der Waals surface area contributed by atoms with Gasteiger partial charge in [-0.2, -0.15) is 23.5 Å². The molecule has 104 valence electrons. The third-order valence-corrected chi connectivity index (χ3v) is 5.68. The third kappa shape index (κ3) is 7.38. The highest BCUT2D eigenvalue weighted by atomic mass is 35.5. The van der Waals surface area contributed by atoms with Gasteiger partial charge >= 0.3 is 0 Å². The molecule has 2 rings (SSSR count). The van der Waals surface area contributed by atoms with E-state index in [0.717, 1.165) is 12.0 Å². The fraction of sp³-hybridized carbons (Fsp3) is 1.00. The number of piperidine rings is 1. The summed E-state index contributed by atoms with van der Waals surface area (Å²) in [5.41, 5.74) is 0. The summed E-state index contributed by atoms with van der Waals surface area (Å²) in [4.78, 5) is 0. The van der Waals surface area contributed by atoms with Crippen LogP contribution in [0.5, 0.6) is 0 Å². The number of thioether (sulfide) groups is 2. The normalized spacial score (nSPS) is 23.3.